The van der Waals surface area contributed by atoms with Gasteiger partial charge in [0.25, 0.3) is 0 Å². The maximum atomic E-state index is 11.6. The molecule has 1 aliphatic carbocycles. The zero-order chi connectivity index (χ0) is 10.7. The molecule has 0 radical (unpaired) electrons. The van der Waals surface area contributed by atoms with Crippen LogP contribution in [-0.2, 0) is 40.1 Å². The third kappa shape index (κ3) is 1.32. The molecular formula is C10H12O5W. The third-order valence-electron chi connectivity index (χ3n) is 3.77. The van der Waals surface area contributed by atoms with E-state index in [0.29, 0.717) is 0 Å². The monoisotopic (exact) mass is 396 g/mol. The molecule has 6 unspecified atom stereocenters. The first kappa shape index (κ1) is 12.4. The number of aliphatic hydroxyl groups excluding tert-OH is 1. The summed E-state index contributed by atoms with van der Waals surface area (Å²) in [6.45, 7) is 0. The van der Waals surface area contributed by atoms with Gasteiger partial charge in [0.1, 0.15) is 23.8 Å². The Morgan fingerprint density at radius 3 is 2.38 bits per heavy atom. The first-order chi connectivity index (χ1) is 7.15. The van der Waals surface area contributed by atoms with Crippen molar-refractivity contribution in [1.29, 1.82) is 0 Å². The summed E-state index contributed by atoms with van der Waals surface area (Å²) in [5.74, 6) is -0.961. The summed E-state index contributed by atoms with van der Waals surface area (Å²) < 4.78 is 10.6. The SMILES string of the molecule is COC1C(O)C2OC1C1C(=O)CC(=O)C21.[W]. The Bertz CT molecular complexity index is 344. The number of hydrogen-bond donors (Lipinski definition) is 1. The van der Waals surface area contributed by atoms with E-state index in [9.17, 15) is 14.7 Å². The van der Waals surface area contributed by atoms with E-state index in [1.54, 1.807) is 0 Å². The van der Waals surface area contributed by atoms with Crippen molar-refractivity contribution in [3.63, 3.8) is 0 Å². The van der Waals surface area contributed by atoms with Crippen LogP contribution in [0.3, 0.4) is 0 Å². The van der Waals surface area contributed by atoms with Gasteiger partial charge in [0.2, 0.25) is 0 Å². The summed E-state index contributed by atoms with van der Waals surface area (Å²) in [5.41, 5.74) is 0. The minimum Gasteiger partial charge on any atom is -0.388 e. The van der Waals surface area contributed by atoms with Crippen LogP contribution in [0.5, 0.6) is 0 Å². The first-order valence-corrected chi connectivity index (χ1v) is 5.07. The van der Waals surface area contributed by atoms with Crippen LogP contribution in [0.2, 0.25) is 0 Å². The fourth-order valence-corrected chi connectivity index (χ4v) is 3.16. The number of ether oxygens (including phenoxy) is 2. The first-order valence-electron chi connectivity index (χ1n) is 5.07. The maximum absolute atomic E-state index is 11.6. The molecule has 2 heterocycles. The van der Waals surface area contributed by atoms with Gasteiger partial charge < -0.3 is 14.6 Å². The van der Waals surface area contributed by atoms with Gasteiger partial charge in [0.15, 0.2) is 0 Å². The number of Topliss-reactive ketones (excluding diaryl/α,β-unsaturated/α-hetero) is 2. The topological polar surface area (TPSA) is 72.8 Å². The van der Waals surface area contributed by atoms with E-state index in [1.165, 1.54) is 7.11 Å². The third-order valence-corrected chi connectivity index (χ3v) is 3.77. The van der Waals surface area contributed by atoms with Crippen LogP contribution in [0.1, 0.15) is 6.42 Å². The number of aliphatic hydroxyl groups is 1. The molecule has 3 aliphatic rings. The van der Waals surface area contributed by atoms with E-state index in [0.717, 1.165) is 0 Å². The number of ketones is 2. The molecule has 2 saturated heterocycles. The molecule has 2 bridgehead atoms. The van der Waals surface area contributed by atoms with Crippen molar-refractivity contribution in [1.82, 2.24) is 0 Å². The van der Waals surface area contributed by atoms with Gasteiger partial charge in [-0.2, -0.15) is 0 Å². The van der Waals surface area contributed by atoms with Gasteiger partial charge in [-0.15, -0.1) is 0 Å². The quantitative estimate of drug-likeness (QED) is 0.571. The van der Waals surface area contributed by atoms with Gasteiger partial charge in [-0.05, 0) is 0 Å². The minimum atomic E-state index is -0.781. The summed E-state index contributed by atoms with van der Waals surface area (Å²) in [5, 5.41) is 9.82. The Morgan fingerprint density at radius 2 is 1.81 bits per heavy atom. The van der Waals surface area contributed by atoms with Crippen molar-refractivity contribution >= 4 is 11.6 Å². The van der Waals surface area contributed by atoms with Crippen molar-refractivity contribution in [2.45, 2.75) is 30.8 Å². The fraction of sp³-hybridized carbons (Fsp3) is 0.800. The van der Waals surface area contributed by atoms with Gasteiger partial charge in [0, 0.05) is 28.2 Å². The summed E-state index contributed by atoms with van der Waals surface area (Å²) >= 11 is 0. The number of methoxy groups -OCH3 is 1. The molecule has 3 rings (SSSR count). The molecule has 0 aromatic heterocycles. The number of hydrogen-bond acceptors (Lipinski definition) is 5. The molecule has 0 aromatic rings. The average Bonchev–Trinajstić information content (AvgIpc) is 2.78. The Balaban J connectivity index is 0.000000963. The largest absolute Gasteiger partial charge is 0.388 e. The zero-order valence-corrected chi connectivity index (χ0v) is 11.6. The van der Waals surface area contributed by atoms with E-state index < -0.39 is 30.3 Å². The Hall–Kier alpha value is -0.0917. The van der Waals surface area contributed by atoms with Gasteiger partial charge >= 0.3 is 0 Å². The van der Waals surface area contributed by atoms with Crippen LogP contribution >= 0.6 is 0 Å². The number of fused-ring (bicyclic) bond motifs is 5. The van der Waals surface area contributed by atoms with Crippen molar-refractivity contribution in [2.24, 2.45) is 11.8 Å². The molecule has 2 aliphatic heterocycles. The predicted molar refractivity (Wildman–Crippen MR) is 47.1 cm³/mol. The van der Waals surface area contributed by atoms with Crippen molar-refractivity contribution < 1.29 is 45.2 Å². The molecule has 3 fully saturated rings. The fourth-order valence-electron chi connectivity index (χ4n) is 3.16. The summed E-state index contributed by atoms with van der Waals surface area (Å²) in [4.78, 5) is 23.1. The Labute approximate surface area is 107 Å². The van der Waals surface area contributed by atoms with E-state index >= 15 is 0 Å². The molecule has 1 N–H and O–H groups in total. The second-order valence-electron chi connectivity index (χ2n) is 4.42. The Kier molecular flexibility index (Phi) is 3.08. The molecule has 16 heavy (non-hydrogen) atoms. The maximum Gasteiger partial charge on any atom is 0.146 e. The summed E-state index contributed by atoms with van der Waals surface area (Å²) in [6, 6.07) is 0. The number of carbonyl (C=O) groups is 2. The number of rotatable bonds is 1. The van der Waals surface area contributed by atoms with Crippen LogP contribution in [0.4, 0.5) is 0 Å². The van der Waals surface area contributed by atoms with E-state index in [-0.39, 0.29) is 45.0 Å². The molecule has 1 saturated carbocycles. The van der Waals surface area contributed by atoms with Crippen LogP contribution in [0, 0.1) is 11.8 Å². The van der Waals surface area contributed by atoms with Crippen LogP contribution in [0.25, 0.3) is 0 Å². The smallest absolute Gasteiger partial charge is 0.146 e. The number of carbonyl (C=O) groups excluding carboxylic acids is 2. The van der Waals surface area contributed by atoms with Crippen LogP contribution in [0.15, 0.2) is 0 Å². The standard InChI is InChI=1S/C10H12O5.W/c1-14-10-7(13)8-5-3(11)2-4(12)6(5)9(10)15-8;/h5-10,13H,2H2,1H3;. The van der Waals surface area contributed by atoms with Gasteiger partial charge in [-0.25, -0.2) is 0 Å². The normalized spacial score (nSPS) is 49.4. The molecule has 5 nitrogen and oxygen atoms in total. The summed E-state index contributed by atoms with van der Waals surface area (Å²) in [6.07, 6.45) is -2.22. The van der Waals surface area contributed by atoms with Crippen molar-refractivity contribution in [3.05, 3.63) is 0 Å². The van der Waals surface area contributed by atoms with Crippen LogP contribution < -0.4 is 0 Å². The van der Waals surface area contributed by atoms with Crippen LogP contribution in [-0.4, -0.2) is 48.2 Å². The second-order valence-corrected chi connectivity index (χ2v) is 4.42. The van der Waals surface area contributed by atoms with E-state index in [4.69, 9.17) is 9.47 Å². The van der Waals surface area contributed by atoms with Crippen molar-refractivity contribution in [3.8, 4) is 0 Å². The Morgan fingerprint density at radius 1 is 1.25 bits per heavy atom. The van der Waals surface area contributed by atoms with Gasteiger partial charge in [-0.3, -0.25) is 9.59 Å². The zero-order valence-electron chi connectivity index (χ0n) is 8.66. The second kappa shape index (κ2) is 3.98. The van der Waals surface area contributed by atoms with Gasteiger partial charge in [0.05, 0.1) is 30.5 Å². The minimum absolute atomic E-state index is 0. The molecule has 6 atom stereocenters. The van der Waals surface area contributed by atoms with Crippen molar-refractivity contribution in [2.75, 3.05) is 7.11 Å². The molecule has 88 valence electrons. The molecule has 0 amide bonds. The van der Waals surface area contributed by atoms with Gasteiger partial charge in [-0.1, -0.05) is 0 Å². The molecule has 6 heteroatoms. The molecule has 0 spiro atoms. The molecular weight excluding hydrogens is 384 g/mol. The predicted octanol–water partition coefficient (Wildman–Crippen LogP) is -1.08. The van der Waals surface area contributed by atoms with E-state index in [2.05, 4.69) is 0 Å². The average molecular weight is 396 g/mol. The summed E-state index contributed by atoms with van der Waals surface area (Å²) in [7, 11) is 1.48. The molecule has 0 aromatic carbocycles. The van der Waals surface area contributed by atoms with E-state index in [1.807, 2.05) is 0 Å².